The van der Waals surface area contributed by atoms with Crippen LogP contribution in [0.5, 0.6) is 5.75 Å². The summed E-state index contributed by atoms with van der Waals surface area (Å²) in [4.78, 5) is 4.61. The van der Waals surface area contributed by atoms with Gasteiger partial charge in [-0.1, -0.05) is 30.3 Å². The Morgan fingerprint density at radius 1 is 1.04 bits per heavy atom. The van der Waals surface area contributed by atoms with Gasteiger partial charge in [-0.15, -0.1) is 24.0 Å². The van der Waals surface area contributed by atoms with Gasteiger partial charge in [0, 0.05) is 19.5 Å². The van der Waals surface area contributed by atoms with E-state index in [4.69, 9.17) is 4.74 Å². The monoisotopic (exact) mass is 465 g/mol. The number of nitrogens with one attached hydrogen (secondary N) is 2. The summed E-state index contributed by atoms with van der Waals surface area (Å²) >= 11 is 0. The molecule has 0 radical (unpaired) electrons. The van der Waals surface area contributed by atoms with Gasteiger partial charge in [0.2, 0.25) is 0 Å². The number of hydrogen-bond acceptors (Lipinski definition) is 2. The average molecular weight is 465 g/mol. The highest BCUT2D eigenvalue weighted by molar-refractivity contribution is 14.0. The summed E-state index contributed by atoms with van der Waals surface area (Å²) in [6, 6.07) is 15.1. The number of hydrogen-bond donors (Lipinski definition) is 2. The van der Waals surface area contributed by atoms with Crippen LogP contribution in [0.3, 0.4) is 0 Å². The fourth-order valence-electron chi connectivity index (χ4n) is 3.08. The van der Waals surface area contributed by atoms with Crippen LogP contribution in [-0.2, 0) is 13.0 Å². The number of guanidine groups is 1. The smallest absolute Gasteiger partial charge is 0.191 e. The first-order chi connectivity index (χ1) is 12.2. The molecule has 4 nitrogen and oxygen atoms in total. The zero-order valence-electron chi connectivity index (χ0n) is 15.7. The Balaban J connectivity index is 0.00000243. The van der Waals surface area contributed by atoms with Crippen LogP contribution < -0.4 is 15.4 Å². The maximum absolute atomic E-state index is 5.78. The van der Waals surface area contributed by atoms with E-state index in [0.29, 0.717) is 6.54 Å². The van der Waals surface area contributed by atoms with Gasteiger partial charge in [0.15, 0.2) is 5.96 Å². The van der Waals surface area contributed by atoms with Crippen LogP contribution in [0.2, 0.25) is 0 Å². The molecule has 1 aliphatic rings. The van der Waals surface area contributed by atoms with E-state index in [2.05, 4.69) is 78.9 Å². The van der Waals surface area contributed by atoms with Gasteiger partial charge in [0.05, 0.1) is 6.54 Å². The van der Waals surface area contributed by atoms with Crippen molar-refractivity contribution < 1.29 is 4.74 Å². The zero-order chi connectivity index (χ0) is 17.6. The second-order valence-electron chi connectivity index (χ2n) is 6.38. The molecule has 2 N–H and O–H groups in total. The fraction of sp³-hybridized carbons (Fsp3) is 0.381. The molecule has 2 aromatic carbocycles. The largest absolute Gasteiger partial charge is 0.490 e. The Labute approximate surface area is 173 Å². The number of fused-ring (bicyclic) bond motifs is 1. The third kappa shape index (κ3) is 5.13. The van der Waals surface area contributed by atoms with Crippen molar-refractivity contribution in [1.29, 1.82) is 0 Å². The molecule has 0 fully saturated rings. The topological polar surface area (TPSA) is 45.7 Å². The van der Waals surface area contributed by atoms with Crippen LogP contribution in [0.4, 0.5) is 0 Å². The first kappa shape index (κ1) is 20.6. The van der Waals surface area contributed by atoms with Crippen molar-refractivity contribution in [3.8, 4) is 16.9 Å². The van der Waals surface area contributed by atoms with Crippen molar-refractivity contribution in [1.82, 2.24) is 10.6 Å². The number of aliphatic imine (C=N–C) groups is 1. The average Bonchev–Trinajstić information content (AvgIpc) is 2.99. The Bertz CT molecular complexity index is 735. The predicted molar refractivity (Wildman–Crippen MR) is 120 cm³/mol. The van der Waals surface area contributed by atoms with Crippen LogP contribution in [-0.4, -0.2) is 25.2 Å². The minimum absolute atomic E-state index is 0. The van der Waals surface area contributed by atoms with E-state index in [1.54, 1.807) is 0 Å². The highest BCUT2D eigenvalue weighted by Gasteiger charge is 2.19. The lowest BCUT2D eigenvalue weighted by molar-refractivity contribution is 0.254. The minimum Gasteiger partial charge on any atom is -0.490 e. The molecule has 2 aromatic rings. The van der Waals surface area contributed by atoms with E-state index >= 15 is 0 Å². The number of nitrogens with zero attached hydrogens (tertiary/aromatic N) is 1. The number of benzene rings is 2. The quantitative estimate of drug-likeness (QED) is 0.392. The molecule has 1 atom stereocenters. The van der Waals surface area contributed by atoms with Crippen LogP contribution in [0.25, 0.3) is 11.1 Å². The zero-order valence-corrected chi connectivity index (χ0v) is 18.0. The van der Waals surface area contributed by atoms with E-state index in [1.165, 1.54) is 22.3 Å². The first-order valence-corrected chi connectivity index (χ1v) is 9.10. The molecule has 3 rings (SSSR count). The summed E-state index contributed by atoms with van der Waals surface area (Å²) in [5.74, 6) is 1.89. The normalized spacial score (nSPS) is 14.7. The Morgan fingerprint density at radius 3 is 2.35 bits per heavy atom. The Kier molecular flexibility index (Phi) is 7.75. The van der Waals surface area contributed by atoms with E-state index in [-0.39, 0.29) is 30.1 Å². The molecule has 0 bridgehead atoms. The predicted octanol–water partition coefficient (Wildman–Crippen LogP) is 4.37. The molecule has 5 heteroatoms. The van der Waals surface area contributed by atoms with Gasteiger partial charge in [-0.2, -0.15) is 0 Å². The van der Waals surface area contributed by atoms with Crippen molar-refractivity contribution >= 4 is 29.9 Å². The SMILES string of the molecule is CCNC(=NCc1ccc(-c2ccc3c(c2)CC(C)O3)cc1)NCC.I. The van der Waals surface area contributed by atoms with Gasteiger partial charge in [-0.25, -0.2) is 4.99 Å². The molecule has 0 aromatic heterocycles. The van der Waals surface area contributed by atoms with E-state index in [0.717, 1.165) is 31.2 Å². The van der Waals surface area contributed by atoms with Gasteiger partial charge >= 0.3 is 0 Å². The molecular formula is C21H28IN3O. The van der Waals surface area contributed by atoms with E-state index in [9.17, 15) is 0 Å². The van der Waals surface area contributed by atoms with Crippen LogP contribution in [0.15, 0.2) is 47.5 Å². The number of halogens is 1. The molecule has 1 aliphatic heterocycles. The maximum atomic E-state index is 5.78. The van der Waals surface area contributed by atoms with Crippen LogP contribution in [0.1, 0.15) is 31.9 Å². The Morgan fingerprint density at radius 2 is 1.69 bits per heavy atom. The third-order valence-corrected chi connectivity index (χ3v) is 4.29. The highest BCUT2D eigenvalue weighted by Crippen LogP contribution is 2.32. The Hall–Kier alpha value is -1.76. The van der Waals surface area contributed by atoms with Crippen molar-refractivity contribution in [2.75, 3.05) is 13.1 Å². The lowest BCUT2D eigenvalue weighted by Gasteiger charge is -2.09. The molecular weight excluding hydrogens is 437 g/mol. The molecule has 0 aliphatic carbocycles. The molecule has 0 saturated carbocycles. The summed E-state index contributed by atoms with van der Waals surface area (Å²) in [6.45, 7) is 8.67. The summed E-state index contributed by atoms with van der Waals surface area (Å²) in [6.07, 6.45) is 1.28. The minimum atomic E-state index is 0. The molecule has 0 amide bonds. The number of rotatable bonds is 5. The standard InChI is InChI=1S/C21H27N3O.HI/c1-4-22-21(23-5-2)24-14-16-6-8-17(9-7-16)18-10-11-20-19(13-18)12-15(3)25-20;/h6-11,13,15H,4-5,12,14H2,1-3H3,(H2,22,23,24);1H. The summed E-state index contributed by atoms with van der Waals surface area (Å²) < 4.78 is 5.78. The lowest BCUT2D eigenvalue weighted by atomic mass is 10.00. The first-order valence-electron chi connectivity index (χ1n) is 9.10. The molecule has 1 heterocycles. The van der Waals surface area contributed by atoms with E-state index in [1.807, 2.05) is 0 Å². The van der Waals surface area contributed by atoms with Crippen molar-refractivity contribution in [3.05, 3.63) is 53.6 Å². The molecule has 140 valence electrons. The summed E-state index contributed by atoms with van der Waals surface area (Å²) in [5, 5.41) is 6.49. The molecule has 1 unspecified atom stereocenters. The van der Waals surface area contributed by atoms with Gasteiger partial charge in [-0.3, -0.25) is 0 Å². The van der Waals surface area contributed by atoms with Crippen LogP contribution in [0, 0.1) is 0 Å². The third-order valence-electron chi connectivity index (χ3n) is 4.29. The van der Waals surface area contributed by atoms with Crippen LogP contribution >= 0.6 is 24.0 Å². The summed E-state index contributed by atoms with van der Waals surface area (Å²) in [5.41, 5.74) is 4.98. The molecule has 0 spiro atoms. The highest BCUT2D eigenvalue weighted by atomic mass is 127. The van der Waals surface area contributed by atoms with Crippen molar-refractivity contribution in [2.45, 2.75) is 39.8 Å². The van der Waals surface area contributed by atoms with Gasteiger partial charge in [0.25, 0.3) is 0 Å². The second-order valence-corrected chi connectivity index (χ2v) is 6.38. The number of ether oxygens (including phenoxy) is 1. The maximum Gasteiger partial charge on any atom is 0.191 e. The van der Waals surface area contributed by atoms with Gasteiger partial charge in [0.1, 0.15) is 11.9 Å². The van der Waals surface area contributed by atoms with Gasteiger partial charge in [-0.05, 0) is 55.2 Å². The summed E-state index contributed by atoms with van der Waals surface area (Å²) in [7, 11) is 0. The van der Waals surface area contributed by atoms with E-state index < -0.39 is 0 Å². The van der Waals surface area contributed by atoms with Crippen molar-refractivity contribution in [3.63, 3.8) is 0 Å². The second kappa shape index (κ2) is 9.80. The molecule has 26 heavy (non-hydrogen) atoms. The molecule has 0 saturated heterocycles. The van der Waals surface area contributed by atoms with Crippen molar-refractivity contribution in [2.24, 2.45) is 4.99 Å². The van der Waals surface area contributed by atoms with Gasteiger partial charge < -0.3 is 15.4 Å². The fourth-order valence-corrected chi connectivity index (χ4v) is 3.08. The lowest BCUT2D eigenvalue weighted by Crippen LogP contribution is -2.36.